The minimum absolute atomic E-state index is 0.156. The number of benzene rings is 2. The fraction of sp³-hybridized carbons (Fsp3) is 0.176. The van der Waals surface area contributed by atoms with Gasteiger partial charge in [0, 0.05) is 10.7 Å². The fourth-order valence-corrected chi connectivity index (χ4v) is 2.80. The zero-order valence-electron chi connectivity index (χ0n) is 11.7. The lowest BCUT2D eigenvalue weighted by molar-refractivity contribution is -0.140. The Morgan fingerprint density at radius 3 is 2.55 bits per heavy atom. The van der Waals surface area contributed by atoms with E-state index in [4.69, 9.17) is 16.7 Å². The summed E-state index contributed by atoms with van der Waals surface area (Å²) in [6, 6.07) is 13.3. The van der Waals surface area contributed by atoms with Gasteiger partial charge in [-0.05, 0) is 47.4 Å². The number of anilines is 1. The standard InChI is InChI=1S/C17H14ClNO3/c18-14-4-1-10(2-5-14)11-3-6-15-12(7-11)8-13(9-16(20)21)17(22)19-15/h1-7,13H,8-9H2,(H,19,22)(H,20,21). The SMILES string of the molecule is O=C(O)CC1Cc2cc(-c3ccc(Cl)cc3)ccc2NC1=O. The molecule has 0 aliphatic carbocycles. The number of hydrogen-bond donors (Lipinski definition) is 2. The fourth-order valence-electron chi connectivity index (χ4n) is 2.68. The maximum Gasteiger partial charge on any atom is 0.304 e. The topological polar surface area (TPSA) is 66.4 Å². The van der Waals surface area contributed by atoms with Gasteiger partial charge in [-0.25, -0.2) is 0 Å². The Bertz CT molecular complexity index is 740. The molecule has 0 saturated heterocycles. The van der Waals surface area contributed by atoms with Crippen LogP contribution >= 0.6 is 11.6 Å². The van der Waals surface area contributed by atoms with Gasteiger partial charge in [-0.2, -0.15) is 0 Å². The Morgan fingerprint density at radius 2 is 1.86 bits per heavy atom. The Labute approximate surface area is 132 Å². The van der Waals surface area contributed by atoms with Gasteiger partial charge in [0.1, 0.15) is 0 Å². The van der Waals surface area contributed by atoms with Crippen LogP contribution in [0.4, 0.5) is 5.69 Å². The number of carboxylic acid groups (broad SMARTS) is 1. The van der Waals surface area contributed by atoms with Gasteiger partial charge in [0.25, 0.3) is 0 Å². The van der Waals surface area contributed by atoms with Crippen LogP contribution in [0, 0.1) is 5.92 Å². The average Bonchev–Trinajstić information content (AvgIpc) is 2.48. The van der Waals surface area contributed by atoms with Crippen molar-refractivity contribution in [1.29, 1.82) is 0 Å². The number of rotatable bonds is 3. The molecule has 1 amide bonds. The zero-order chi connectivity index (χ0) is 15.7. The highest BCUT2D eigenvalue weighted by Crippen LogP contribution is 2.31. The Balaban J connectivity index is 1.92. The van der Waals surface area contributed by atoms with E-state index in [2.05, 4.69) is 5.32 Å². The molecule has 2 aromatic rings. The van der Waals surface area contributed by atoms with Crippen LogP contribution in [0.1, 0.15) is 12.0 Å². The second-order valence-corrected chi connectivity index (χ2v) is 5.80. The summed E-state index contributed by atoms with van der Waals surface area (Å²) >= 11 is 5.90. The molecule has 2 aromatic carbocycles. The monoisotopic (exact) mass is 315 g/mol. The van der Waals surface area contributed by atoms with Crippen molar-refractivity contribution in [1.82, 2.24) is 0 Å². The van der Waals surface area contributed by atoms with E-state index in [1.54, 1.807) is 0 Å². The van der Waals surface area contributed by atoms with E-state index in [-0.39, 0.29) is 12.3 Å². The lowest BCUT2D eigenvalue weighted by Crippen LogP contribution is -2.31. The van der Waals surface area contributed by atoms with E-state index in [1.165, 1.54) is 0 Å². The molecule has 1 aliphatic rings. The zero-order valence-corrected chi connectivity index (χ0v) is 12.4. The first-order valence-corrected chi connectivity index (χ1v) is 7.32. The van der Waals surface area contributed by atoms with Crippen LogP contribution in [0.5, 0.6) is 0 Å². The number of amides is 1. The van der Waals surface area contributed by atoms with Crippen LogP contribution in [0.15, 0.2) is 42.5 Å². The molecule has 22 heavy (non-hydrogen) atoms. The van der Waals surface area contributed by atoms with E-state index < -0.39 is 11.9 Å². The first-order chi connectivity index (χ1) is 10.5. The number of nitrogens with one attached hydrogen (secondary N) is 1. The summed E-state index contributed by atoms with van der Waals surface area (Å²) in [6.07, 6.45) is 0.283. The van der Waals surface area contributed by atoms with Gasteiger partial charge in [0.15, 0.2) is 0 Å². The number of fused-ring (bicyclic) bond motifs is 1. The summed E-state index contributed by atoms with van der Waals surface area (Å²) in [5.41, 5.74) is 3.75. The molecule has 0 saturated carbocycles. The second kappa shape index (κ2) is 5.81. The van der Waals surface area contributed by atoms with Crippen molar-refractivity contribution in [3.63, 3.8) is 0 Å². The third kappa shape index (κ3) is 2.97. The first kappa shape index (κ1) is 14.6. The van der Waals surface area contributed by atoms with Gasteiger partial charge < -0.3 is 10.4 Å². The lowest BCUT2D eigenvalue weighted by atomic mass is 9.89. The van der Waals surface area contributed by atoms with E-state index in [1.807, 2.05) is 42.5 Å². The molecule has 0 radical (unpaired) electrons. The molecule has 1 atom stereocenters. The number of carboxylic acids is 1. The molecule has 2 N–H and O–H groups in total. The van der Waals surface area contributed by atoms with Crippen molar-refractivity contribution in [2.24, 2.45) is 5.92 Å². The highest BCUT2D eigenvalue weighted by atomic mass is 35.5. The number of hydrogen-bond acceptors (Lipinski definition) is 2. The summed E-state index contributed by atoms with van der Waals surface area (Å²) in [7, 11) is 0. The van der Waals surface area contributed by atoms with E-state index in [0.717, 1.165) is 22.4 Å². The first-order valence-electron chi connectivity index (χ1n) is 6.94. The summed E-state index contributed by atoms with van der Waals surface area (Å²) in [6.45, 7) is 0. The van der Waals surface area contributed by atoms with Crippen molar-refractivity contribution in [3.8, 4) is 11.1 Å². The van der Waals surface area contributed by atoms with Gasteiger partial charge in [0.2, 0.25) is 5.91 Å². The maximum atomic E-state index is 11.9. The molecule has 1 aliphatic heterocycles. The molecule has 0 bridgehead atoms. The number of carbonyl (C=O) groups excluding carboxylic acids is 1. The van der Waals surface area contributed by atoms with Crippen LogP contribution in [0.2, 0.25) is 5.02 Å². The van der Waals surface area contributed by atoms with Crippen LogP contribution < -0.4 is 5.32 Å². The average molecular weight is 316 g/mol. The smallest absolute Gasteiger partial charge is 0.304 e. The molecule has 0 fully saturated rings. The summed E-state index contributed by atoms with van der Waals surface area (Å²) in [5.74, 6) is -1.71. The summed E-state index contributed by atoms with van der Waals surface area (Å²) in [4.78, 5) is 22.7. The van der Waals surface area contributed by atoms with E-state index in [9.17, 15) is 9.59 Å². The van der Waals surface area contributed by atoms with Crippen molar-refractivity contribution in [3.05, 3.63) is 53.1 Å². The lowest BCUT2D eigenvalue weighted by Gasteiger charge is -2.24. The second-order valence-electron chi connectivity index (χ2n) is 5.37. The molecule has 0 spiro atoms. The third-order valence-corrected chi connectivity index (χ3v) is 4.05. The quantitative estimate of drug-likeness (QED) is 0.909. The van der Waals surface area contributed by atoms with Crippen LogP contribution in [0.25, 0.3) is 11.1 Å². The van der Waals surface area contributed by atoms with E-state index in [0.29, 0.717) is 11.4 Å². The van der Waals surface area contributed by atoms with Crippen molar-refractivity contribution in [2.45, 2.75) is 12.8 Å². The molecule has 112 valence electrons. The molecular weight excluding hydrogens is 302 g/mol. The maximum absolute atomic E-state index is 11.9. The van der Waals surface area contributed by atoms with Crippen LogP contribution in [-0.4, -0.2) is 17.0 Å². The van der Waals surface area contributed by atoms with Gasteiger partial charge in [-0.15, -0.1) is 0 Å². The Kier molecular flexibility index (Phi) is 3.86. The van der Waals surface area contributed by atoms with Crippen molar-refractivity contribution in [2.75, 3.05) is 5.32 Å². The van der Waals surface area contributed by atoms with Gasteiger partial charge in [0.05, 0.1) is 12.3 Å². The summed E-state index contributed by atoms with van der Waals surface area (Å²) in [5, 5.41) is 12.4. The van der Waals surface area contributed by atoms with Gasteiger partial charge in [-0.3, -0.25) is 9.59 Å². The third-order valence-electron chi connectivity index (χ3n) is 3.80. The van der Waals surface area contributed by atoms with Gasteiger partial charge in [-0.1, -0.05) is 29.8 Å². The molecule has 1 unspecified atom stereocenters. The molecule has 0 aromatic heterocycles. The molecule has 4 nitrogen and oxygen atoms in total. The Morgan fingerprint density at radius 1 is 1.18 bits per heavy atom. The van der Waals surface area contributed by atoms with Crippen molar-refractivity contribution < 1.29 is 14.7 Å². The van der Waals surface area contributed by atoms with Crippen molar-refractivity contribution >= 4 is 29.2 Å². The van der Waals surface area contributed by atoms with Gasteiger partial charge >= 0.3 is 5.97 Å². The predicted octanol–water partition coefficient (Wildman–Crippen LogP) is 3.59. The van der Waals surface area contributed by atoms with E-state index >= 15 is 0 Å². The number of aliphatic carboxylic acids is 1. The number of carbonyl (C=O) groups is 2. The molecular formula is C17H14ClNO3. The highest BCUT2D eigenvalue weighted by Gasteiger charge is 2.28. The largest absolute Gasteiger partial charge is 0.481 e. The normalized spacial score (nSPS) is 16.8. The van der Waals surface area contributed by atoms with Crippen LogP contribution in [-0.2, 0) is 16.0 Å². The minimum Gasteiger partial charge on any atom is -0.481 e. The number of halogens is 1. The minimum atomic E-state index is -0.961. The summed E-state index contributed by atoms with van der Waals surface area (Å²) < 4.78 is 0. The molecule has 3 rings (SSSR count). The van der Waals surface area contributed by atoms with Crippen LogP contribution in [0.3, 0.4) is 0 Å². The molecule has 1 heterocycles. The Hall–Kier alpha value is -2.33. The predicted molar refractivity (Wildman–Crippen MR) is 85.0 cm³/mol. The molecule has 5 heteroatoms. The highest BCUT2D eigenvalue weighted by molar-refractivity contribution is 6.30.